The van der Waals surface area contributed by atoms with Gasteiger partial charge < -0.3 is 14.4 Å². The monoisotopic (exact) mass is 419 g/mol. The van der Waals surface area contributed by atoms with Gasteiger partial charge in [0.1, 0.15) is 5.69 Å². The minimum atomic E-state index is -0.102. The summed E-state index contributed by atoms with van der Waals surface area (Å²) in [6.07, 6.45) is 7.63. The van der Waals surface area contributed by atoms with Gasteiger partial charge in [-0.2, -0.15) is 0 Å². The van der Waals surface area contributed by atoms with E-state index < -0.39 is 0 Å². The van der Waals surface area contributed by atoms with Gasteiger partial charge in [-0.15, -0.1) is 5.10 Å². The van der Waals surface area contributed by atoms with Gasteiger partial charge in [-0.05, 0) is 30.4 Å². The molecule has 3 aromatic rings. The first kappa shape index (κ1) is 19.5. The van der Waals surface area contributed by atoms with Crippen molar-refractivity contribution in [1.29, 1.82) is 0 Å². The Hall–Kier alpha value is -3.49. The van der Waals surface area contributed by atoms with Gasteiger partial charge >= 0.3 is 0 Å². The highest BCUT2D eigenvalue weighted by Crippen LogP contribution is 2.22. The van der Waals surface area contributed by atoms with Crippen LogP contribution >= 0.6 is 0 Å². The number of likely N-dealkylation sites (tertiary alicyclic amines) is 1. The molecule has 0 bridgehead atoms. The fourth-order valence-electron chi connectivity index (χ4n) is 4.54. The van der Waals surface area contributed by atoms with Crippen LogP contribution < -0.4 is 0 Å². The van der Waals surface area contributed by atoms with Crippen molar-refractivity contribution in [3.05, 3.63) is 65.5 Å². The number of hydrogen-bond acceptors (Lipinski definition) is 5. The zero-order chi connectivity index (χ0) is 21.4. The van der Waals surface area contributed by atoms with Crippen molar-refractivity contribution in [2.75, 3.05) is 13.1 Å². The zero-order valence-electron chi connectivity index (χ0n) is 17.5. The van der Waals surface area contributed by atoms with Gasteiger partial charge in [-0.25, -0.2) is 9.67 Å². The molecule has 2 aliphatic rings. The van der Waals surface area contributed by atoms with Gasteiger partial charge in [0.25, 0.3) is 11.8 Å². The van der Waals surface area contributed by atoms with Crippen molar-refractivity contribution in [1.82, 2.24) is 34.3 Å². The first-order valence-corrected chi connectivity index (χ1v) is 10.6. The van der Waals surface area contributed by atoms with Crippen LogP contribution in [0.3, 0.4) is 0 Å². The van der Waals surface area contributed by atoms with E-state index in [9.17, 15) is 9.59 Å². The third kappa shape index (κ3) is 3.71. The number of rotatable bonds is 4. The summed E-state index contributed by atoms with van der Waals surface area (Å²) in [6.45, 7) is 2.50. The number of carbonyl (C=O) groups is 2. The quantitative estimate of drug-likeness (QED) is 0.640. The Bertz CT molecular complexity index is 1120. The molecule has 0 N–H and O–H groups in total. The summed E-state index contributed by atoms with van der Waals surface area (Å²) in [5.74, 6) is -0.124. The SMILES string of the molecule is Cn1cncc1C(=O)N1CCC[C@H]1Cn1cc(C(=O)N2CCc3ccccc3C2)nn1. The van der Waals surface area contributed by atoms with Crippen molar-refractivity contribution in [2.45, 2.75) is 38.4 Å². The maximum Gasteiger partial charge on any atom is 0.276 e. The van der Waals surface area contributed by atoms with Crippen molar-refractivity contribution in [2.24, 2.45) is 7.05 Å². The molecule has 1 saturated heterocycles. The molecule has 0 radical (unpaired) electrons. The molecule has 1 aromatic carbocycles. The summed E-state index contributed by atoms with van der Waals surface area (Å²) in [5.41, 5.74) is 3.41. The van der Waals surface area contributed by atoms with Gasteiger partial charge in [-0.3, -0.25) is 9.59 Å². The first-order valence-electron chi connectivity index (χ1n) is 10.6. The highest BCUT2D eigenvalue weighted by Gasteiger charge is 2.31. The van der Waals surface area contributed by atoms with E-state index in [-0.39, 0.29) is 17.9 Å². The average Bonchev–Trinajstić information content (AvgIpc) is 3.54. The standard InChI is InChI=1S/C22H25N7O2/c1-26-15-23-11-20(26)22(31)29-9-4-7-18(29)13-28-14-19(24-25-28)21(30)27-10-8-16-5-2-3-6-17(16)12-27/h2-3,5-6,11,14-15,18H,4,7-10,12-13H2,1H3/t18-/m0/s1. The Morgan fingerprint density at radius 3 is 2.77 bits per heavy atom. The lowest BCUT2D eigenvalue weighted by atomic mass is 10.00. The summed E-state index contributed by atoms with van der Waals surface area (Å²) in [6, 6.07) is 8.25. The predicted molar refractivity (Wildman–Crippen MR) is 112 cm³/mol. The molecular weight excluding hydrogens is 394 g/mol. The largest absolute Gasteiger partial charge is 0.333 e. The van der Waals surface area contributed by atoms with Crippen molar-refractivity contribution in [3.63, 3.8) is 0 Å². The molecule has 1 atom stereocenters. The second kappa shape index (κ2) is 7.98. The number of hydrogen-bond donors (Lipinski definition) is 0. The van der Waals surface area contributed by atoms with E-state index in [1.165, 1.54) is 11.1 Å². The van der Waals surface area contributed by atoms with Crippen LogP contribution in [0.5, 0.6) is 0 Å². The molecule has 1 fully saturated rings. The number of nitrogens with zero attached hydrogens (tertiary/aromatic N) is 7. The maximum absolute atomic E-state index is 13.0. The molecule has 0 saturated carbocycles. The van der Waals surface area contributed by atoms with Gasteiger partial charge in [0.2, 0.25) is 0 Å². The van der Waals surface area contributed by atoms with Crippen LogP contribution in [-0.4, -0.2) is 65.3 Å². The van der Waals surface area contributed by atoms with E-state index in [4.69, 9.17) is 0 Å². The Balaban J connectivity index is 1.26. The van der Waals surface area contributed by atoms with Crippen LogP contribution in [0.4, 0.5) is 0 Å². The second-order valence-corrected chi connectivity index (χ2v) is 8.26. The topological polar surface area (TPSA) is 89.2 Å². The fraction of sp³-hybridized carbons (Fsp3) is 0.409. The number of imidazole rings is 1. The van der Waals surface area contributed by atoms with E-state index in [0.29, 0.717) is 37.6 Å². The molecule has 4 heterocycles. The zero-order valence-corrected chi connectivity index (χ0v) is 17.5. The molecule has 0 spiro atoms. The highest BCUT2D eigenvalue weighted by molar-refractivity contribution is 5.93. The van der Waals surface area contributed by atoms with Crippen molar-refractivity contribution in [3.8, 4) is 0 Å². The minimum absolute atomic E-state index is 0.0221. The molecule has 0 unspecified atom stereocenters. The molecule has 0 aliphatic carbocycles. The normalized spacial score (nSPS) is 18.3. The van der Waals surface area contributed by atoms with E-state index in [1.807, 2.05) is 29.0 Å². The van der Waals surface area contributed by atoms with Gasteiger partial charge in [0.15, 0.2) is 5.69 Å². The third-order valence-corrected chi connectivity index (χ3v) is 6.25. The number of carbonyl (C=O) groups excluding carboxylic acids is 2. The van der Waals surface area contributed by atoms with E-state index >= 15 is 0 Å². The Morgan fingerprint density at radius 2 is 1.97 bits per heavy atom. The molecular formula is C22H25N7O2. The van der Waals surface area contributed by atoms with Crippen LogP contribution in [0, 0.1) is 0 Å². The molecule has 2 aliphatic heterocycles. The summed E-state index contributed by atoms with van der Waals surface area (Å²) < 4.78 is 3.42. The number of amides is 2. The summed E-state index contributed by atoms with van der Waals surface area (Å²) in [7, 11) is 1.82. The molecule has 2 amide bonds. The Morgan fingerprint density at radius 1 is 1.13 bits per heavy atom. The van der Waals surface area contributed by atoms with Crippen LogP contribution in [0.15, 0.2) is 43.0 Å². The Labute approximate surface area is 180 Å². The van der Waals surface area contributed by atoms with E-state index in [0.717, 1.165) is 19.3 Å². The minimum Gasteiger partial charge on any atom is -0.333 e. The summed E-state index contributed by atoms with van der Waals surface area (Å²) in [5, 5.41) is 8.31. The first-order chi connectivity index (χ1) is 15.1. The number of benzene rings is 1. The smallest absolute Gasteiger partial charge is 0.276 e. The molecule has 9 heteroatoms. The number of aromatic nitrogens is 5. The molecule has 31 heavy (non-hydrogen) atoms. The average molecular weight is 419 g/mol. The van der Waals surface area contributed by atoms with E-state index in [1.54, 1.807) is 28.0 Å². The maximum atomic E-state index is 13.0. The second-order valence-electron chi connectivity index (χ2n) is 8.26. The van der Waals surface area contributed by atoms with Crippen molar-refractivity contribution >= 4 is 11.8 Å². The van der Waals surface area contributed by atoms with Crippen LogP contribution in [0.25, 0.3) is 0 Å². The van der Waals surface area contributed by atoms with Gasteiger partial charge in [0, 0.05) is 26.7 Å². The molecule has 160 valence electrons. The van der Waals surface area contributed by atoms with E-state index in [2.05, 4.69) is 27.4 Å². The lowest BCUT2D eigenvalue weighted by Gasteiger charge is -2.28. The predicted octanol–water partition coefficient (Wildman–Crippen LogP) is 1.51. The number of fused-ring (bicyclic) bond motifs is 1. The molecule has 9 nitrogen and oxygen atoms in total. The lowest BCUT2D eigenvalue weighted by molar-refractivity contribution is 0.0707. The van der Waals surface area contributed by atoms with Gasteiger partial charge in [0.05, 0.1) is 31.3 Å². The summed E-state index contributed by atoms with van der Waals surface area (Å²) in [4.78, 5) is 33.6. The van der Waals surface area contributed by atoms with Crippen LogP contribution in [-0.2, 0) is 26.6 Å². The van der Waals surface area contributed by atoms with Crippen LogP contribution in [0.2, 0.25) is 0 Å². The summed E-state index contributed by atoms with van der Waals surface area (Å²) >= 11 is 0. The fourth-order valence-corrected chi connectivity index (χ4v) is 4.54. The molecule has 5 rings (SSSR count). The lowest BCUT2D eigenvalue weighted by Crippen LogP contribution is -2.39. The van der Waals surface area contributed by atoms with Crippen molar-refractivity contribution < 1.29 is 9.59 Å². The number of aryl methyl sites for hydroxylation is 1. The van der Waals surface area contributed by atoms with Gasteiger partial charge in [-0.1, -0.05) is 29.5 Å². The Kier molecular flexibility index (Phi) is 5.01. The third-order valence-electron chi connectivity index (χ3n) is 6.25. The highest BCUT2D eigenvalue weighted by atomic mass is 16.2. The molecule has 2 aromatic heterocycles. The van der Waals surface area contributed by atoms with Crippen LogP contribution in [0.1, 0.15) is 44.9 Å².